The van der Waals surface area contributed by atoms with E-state index in [4.69, 9.17) is 14.2 Å². The van der Waals surface area contributed by atoms with E-state index in [0.29, 0.717) is 31.1 Å². The maximum absolute atomic E-state index is 11.7. The van der Waals surface area contributed by atoms with E-state index in [-0.39, 0.29) is 5.97 Å². The number of carbonyl (C=O) groups excluding carboxylic acids is 1. The Labute approximate surface area is 108 Å². The molecule has 18 heavy (non-hydrogen) atoms. The van der Waals surface area contributed by atoms with Crippen LogP contribution < -0.4 is 4.74 Å². The zero-order chi connectivity index (χ0) is 13.2. The lowest BCUT2D eigenvalue weighted by atomic mass is 10.2. The first kappa shape index (κ1) is 14.5. The van der Waals surface area contributed by atoms with Gasteiger partial charge in [-0.25, -0.2) is 4.79 Å². The zero-order valence-electron chi connectivity index (χ0n) is 11.0. The summed E-state index contributed by atoms with van der Waals surface area (Å²) < 4.78 is 15.5. The number of unbranched alkanes of at least 4 members (excludes halogenated alkanes) is 1. The van der Waals surface area contributed by atoms with Crippen LogP contribution in [0.1, 0.15) is 30.1 Å². The summed E-state index contributed by atoms with van der Waals surface area (Å²) in [7, 11) is 1.62. The Bertz CT molecular complexity index is 363. The number of benzene rings is 1. The molecule has 0 saturated heterocycles. The molecule has 0 amide bonds. The van der Waals surface area contributed by atoms with Crippen molar-refractivity contribution in [1.29, 1.82) is 0 Å². The minimum atomic E-state index is -0.305. The Kier molecular flexibility index (Phi) is 6.87. The van der Waals surface area contributed by atoms with Gasteiger partial charge in [0.1, 0.15) is 12.4 Å². The third-order valence-corrected chi connectivity index (χ3v) is 2.36. The molecule has 0 bridgehead atoms. The second kappa shape index (κ2) is 8.53. The average Bonchev–Trinajstić information content (AvgIpc) is 2.39. The molecule has 0 aliphatic rings. The molecule has 0 aromatic heterocycles. The van der Waals surface area contributed by atoms with Crippen LogP contribution in [-0.2, 0) is 9.47 Å². The lowest BCUT2D eigenvalue weighted by Gasteiger charge is -2.07. The highest BCUT2D eigenvalue weighted by Crippen LogP contribution is 2.14. The summed E-state index contributed by atoms with van der Waals surface area (Å²) >= 11 is 0. The fourth-order valence-corrected chi connectivity index (χ4v) is 1.35. The van der Waals surface area contributed by atoms with Gasteiger partial charge >= 0.3 is 5.97 Å². The first-order chi connectivity index (χ1) is 8.77. The molecule has 0 N–H and O–H groups in total. The second-order valence-electron chi connectivity index (χ2n) is 3.86. The molecule has 0 fully saturated rings. The standard InChI is InChI=1S/C14H20O4/c1-3-4-8-18-14(15)12-6-5-7-13(11-12)17-10-9-16-2/h5-7,11H,3-4,8-10H2,1-2H3. The molecule has 0 unspecified atom stereocenters. The van der Waals surface area contributed by atoms with Crippen molar-refractivity contribution < 1.29 is 19.0 Å². The Morgan fingerprint density at radius 1 is 1.22 bits per heavy atom. The van der Waals surface area contributed by atoms with Crippen molar-refractivity contribution in [2.75, 3.05) is 26.9 Å². The molecule has 1 aromatic rings. The summed E-state index contributed by atoms with van der Waals surface area (Å²) in [6.45, 7) is 3.50. The van der Waals surface area contributed by atoms with Crippen molar-refractivity contribution in [1.82, 2.24) is 0 Å². The third kappa shape index (κ3) is 5.19. The van der Waals surface area contributed by atoms with Crippen LogP contribution >= 0.6 is 0 Å². The number of hydrogen-bond donors (Lipinski definition) is 0. The van der Waals surface area contributed by atoms with Crippen LogP contribution in [0.25, 0.3) is 0 Å². The summed E-state index contributed by atoms with van der Waals surface area (Å²) in [4.78, 5) is 11.7. The Morgan fingerprint density at radius 3 is 2.78 bits per heavy atom. The minimum Gasteiger partial charge on any atom is -0.491 e. The number of carbonyl (C=O) groups is 1. The lowest BCUT2D eigenvalue weighted by molar-refractivity contribution is 0.0499. The van der Waals surface area contributed by atoms with Gasteiger partial charge in [-0.3, -0.25) is 0 Å². The molecule has 1 aromatic carbocycles. The van der Waals surface area contributed by atoms with Gasteiger partial charge in [0.25, 0.3) is 0 Å². The summed E-state index contributed by atoms with van der Waals surface area (Å²) in [6, 6.07) is 6.98. The van der Waals surface area contributed by atoms with E-state index in [1.54, 1.807) is 31.4 Å². The van der Waals surface area contributed by atoms with Gasteiger partial charge in [0, 0.05) is 7.11 Å². The van der Waals surface area contributed by atoms with Crippen molar-refractivity contribution in [2.24, 2.45) is 0 Å². The average molecular weight is 252 g/mol. The summed E-state index contributed by atoms with van der Waals surface area (Å²) in [5.41, 5.74) is 0.515. The van der Waals surface area contributed by atoms with E-state index in [1.807, 2.05) is 0 Å². The van der Waals surface area contributed by atoms with Crippen LogP contribution in [-0.4, -0.2) is 32.9 Å². The van der Waals surface area contributed by atoms with E-state index in [1.165, 1.54) is 0 Å². The molecule has 0 radical (unpaired) electrons. The van der Waals surface area contributed by atoms with Gasteiger partial charge in [0.05, 0.1) is 18.8 Å². The van der Waals surface area contributed by atoms with E-state index in [2.05, 4.69) is 6.92 Å². The van der Waals surface area contributed by atoms with Gasteiger partial charge in [-0.05, 0) is 24.6 Å². The number of hydrogen-bond acceptors (Lipinski definition) is 4. The van der Waals surface area contributed by atoms with Crippen molar-refractivity contribution >= 4 is 5.97 Å². The number of esters is 1. The van der Waals surface area contributed by atoms with Gasteiger partial charge < -0.3 is 14.2 Å². The van der Waals surface area contributed by atoms with Crippen LogP contribution in [0.15, 0.2) is 24.3 Å². The molecular formula is C14H20O4. The maximum Gasteiger partial charge on any atom is 0.338 e. The van der Waals surface area contributed by atoms with Crippen molar-refractivity contribution in [3.8, 4) is 5.75 Å². The fourth-order valence-electron chi connectivity index (χ4n) is 1.35. The Hall–Kier alpha value is -1.55. The topological polar surface area (TPSA) is 44.8 Å². The Balaban J connectivity index is 2.49. The maximum atomic E-state index is 11.7. The molecule has 0 spiro atoms. The predicted octanol–water partition coefficient (Wildman–Crippen LogP) is 2.67. The van der Waals surface area contributed by atoms with Gasteiger partial charge in [-0.15, -0.1) is 0 Å². The molecular weight excluding hydrogens is 232 g/mol. The van der Waals surface area contributed by atoms with E-state index in [0.717, 1.165) is 12.8 Å². The highest BCUT2D eigenvalue weighted by atomic mass is 16.5. The molecule has 1 rings (SSSR count). The number of ether oxygens (including phenoxy) is 3. The molecule has 0 heterocycles. The normalized spacial score (nSPS) is 10.1. The van der Waals surface area contributed by atoms with Gasteiger partial charge in [0.2, 0.25) is 0 Å². The van der Waals surface area contributed by atoms with Crippen LogP contribution in [0.5, 0.6) is 5.75 Å². The van der Waals surface area contributed by atoms with Crippen LogP contribution in [0.4, 0.5) is 0 Å². The highest BCUT2D eigenvalue weighted by Gasteiger charge is 2.07. The van der Waals surface area contributed by atoms with E-state index >= 15 is 0 Å². The van der Waals surface area contributed by atoms with Crippen molar-refractivity contribution in [3.63, 3.8) is 0 Å². The van der Waals surface area contributed by atoms with Gasteiger partial charge in [-0.2, -0.15) is 0 Å². The molecule has 100 valence electrons. The van der Waals surface area contributed by atoms with Crippen LogP contribution in [0.3, 0.4) is 0 Å². The van der Waals surface area contributed by atoms with Gasteiger partial charge in [-0.1, -0.05) is 19.4 Å². The molecule has 0 aliphatic heterocycles. The van der Waals surface area contributed by atoms with E-state index < -0.39 is 0 Å². The smallest absolute Gasteiger partial charge is 0.338 e. The van der Waals surface area contributed by atoms with E-state index in [9.17, 15) is 4.79 Å². The first-order valence-corrected chi connectivity index (χ1v) is 6.17. The number of rotatable bonds is 8. The zero-order valence-corrected chi connectivity index (χ0v) is 11.0. The minimum absolute atomic E-state index is 0.305. The summed E-state index contributed by atoms with van der Waals surface area (Å²) in [5, 5.41) is 0. The summed E-state index contributed by atoms with van der Waals surface area (Å²) in [5.74, 6) is 0.345. The third-order valence-electron chi connectivity index (χ3n) is 2.36. The largest absolute Gasteiger partial charge is 0.491 e. The van der Waals surface area contributed by atoms with Crippen molar-refractivity contribution in [3.05, 3.63) is 29.8 Å². The van der Waals surface area contributed by atoms with Gasteiger partial charge in [0.15, 0.2) is 0 Å². The fraction of sp³-hybridized carbons (Fsp3) is 0.500. The van der Waals surface area contributed by atoms with Crippen LogP contribution in [0.2, 0.25) is 0 Å². The van der Waals surface area contributed by atoms with Crippen LogP contribution in [0, 0.1) is 0 Å². The number of methoxy groups -OCH3 is 1. The quantitative estimate of drug-likeness (QED) is 0.527. The SMILES string of the molecule is CCCCOC(=O)c1cccc(OCCOC)c1. The van der Waals surface area contributed by atoms with Crippen molar-refractivity contribution in [2.45, 2.75) is 19.8 Å². The lowest BCUT2D eigenvalue weighted by Crippen LogP contribution is -2.08. The predicted molar refractivity (Wildman–Crippen MR) is 69.0 cm³/mol. The Morgan fingerprint density at radius 2 is 2.06 bits per heavy atom. The molecule has 0 atom stereocenters. The summed E-state index contributed by atoms with van der Waals surface area (Å²) in [6.07, 6.45) is 1.89. The second-order valence-corrected chi connectivity index (χ2v) is 3.86. The monoisotopic (exact) mass is 252 g/mol. The first-order valence-electron chi connectivity index (χ1n) is 6.17. The molecule has 4 heteroatoms. The molecule has 0 saturated carbocycles. The molecule has 0 aliphatic carbocycles. The molecule has 4 nitrogen and oxygen atoms in total. The highest BCUT2D eigenvalue weighted by molar-refractivity contribution is 5.89.